The van der Waals surface area contributed by atoms with E-state index in [1.54, 1.807) is 0 Å². The van der Waals surface area contributed by atoms with Crippen LogP contribution in [0.15, 0.2) is 12.2 Å². The highest BCUT2D eigenvalue weighted by atomic mass is 32.2. The molecule has 0 unspecified atom stereocenters. The number of hydrogen-bond acceptors (Lipinski definition) is 1. The lowest BCUT2D eigenvalue weighted by Gasteiger charge is -1.89. The van der Waals surface area contributed by atoms with Crippen molar-refractivity contribution in [1.82, 2.24) is 0 Å². The Morgan fingerprint density at radius 3 is 2.78 bits per heavy atom. The van der Waals surface area contributed by atoms with Gasteiger partial charge in [-0.2, -0.15) is 11.8 Å². The van der Waals surface area contributed by atoms with Gasteiger partial charge in [0, 0.05) is 0 Å². The molecule has 0 aliphatic rings. The Hall–Kier alpha value is 0.0900. The Morgan fingerprint density at radius 1 is 1.44 bits per heavy atom. The molecule has 0 aromatic rings. The number of allylic oxidation sites excluding steroid dienone is 2. The molecule has 9 heavy (non-hydrogen) atoms. The molecule has 0 spiro atoms. The fraction of sp³-hybridized carbons (Fsp3) is 0.625. The topological polar surface area (TPSA) is 0 Å². The number of thioether (sulfide) groups is 1. The van der Waals surface area contributed by atoms with E-state index >= 15 is 0 Å². The molecule has 0 heterocycles. The Balaban J connectivity index is 2.82. The van der Waals surface area contributed by atoms with Crippen LogP contribution in [0.3, 0.4) is 0 Å². The minimum Gasteiger partial charge on any atom is -0.165 e. The van der Waals surface area contributed by atoms with Gasteiger partial charge in [0.25, 0.3) is 0 Å². The maximum atomic E-state index is 3.71. The van der Waals surface area contributed by atoms with E-state index < -0.39 is 0 Å². The Kier molecular flexibility index (Phi) is 8.17. The summed E-state index contributed by atoms with van der Waals surface area (Å²) in [5.74, 6) is 1.28. The molecule has 1 radical (unpaired) electrons. The molecule has 0 aliphatic carbocycles. The number of hydrogen-bond donors (Lipinski definition) is 0. The smallest absolute Gasteiger partial charge is 0.00674 e. The highest BCUT2D eigenvalue weighted by molar-refractivity contribution is 7.98. The Morgan fingerprint density at radius 2 is 2.22 bits per heavy atom. The van der Waals surface area contributed by atoms with Gasteiger partial charge in [0.05, 0.1) is 0 Å². The van der Waals surface area contributed by atoms with Crippen LogP contribution in [0.25, 0.3) is 0 Å². The Labute approximate surface area is 62.7 Å². The van der Waals surface area contributed by atoms with Gasteiger partial charge in [-0.1, -0.05) is 12.2 Å². The summed E-state index contributed by atoms with van der Waals surface area (Å²) in [5.41, 5.74) is 0. The second-order valence-corrected chi connectivity index (χ2v) is 2.88. The van der Waals surface area contributed by atoms with Gasteiger partial charge >= 0.3 is 0 Å². The fourth-order valence-electron chi connectivity index (χ4n) is 0.581. The maximum Gasteiger partial charge on any atom is -0.00674 e. The molecule has 0 bridgehead atoms. The number of unbranched alkanes of at least 4 members (excludes halogenated alkanes) is 1. The van der Waals surface area contributed by atoms with Crippen molar-refractivity contribution in [2.24, 2.45) is 0 Å². The molecule has 0 rings (SSSR count). The monoisotopic (exact) mass is 143 g/mol. The summed E-state index contributed by atoms with van der Waals surface area (Å²) in [6.45, 7) is 3.71. The van der Waals surface area contributed by atoms with E-state index in [0.717, 1.165) is 6.42 Å². The van der Waals surface area contributed by atoms with Crippen LogP contribution < -0.4 is 0 Å². The second-order valence-electron chi connectivity index (χ2n) is 1.90. The molecule has 0 amide bonds. The van der Waals surface area contributed by atoms with E-state index in [0.29, 0.717) is 0 Å². The van der Waals surface area contributed by atoms with Crippen molar-refractivity contribution in [3.05, 3.63) is 19.1 Å². The third-order valence-corrected chi connectivity index (χ3v) is 1.75. The van der Waals surface area contributed by atoms with E-state index in [-0.39, 0.29) is 0 Å². The normalized spacial score (nSPS) is 10.9. The van der Waals surface area contributed by atoms with Crippen LogP contribution in [0.2, 0.25) is 0 Å². The van der Waals surface area contributed by atoms with Gasteiger partial charge in [-0.15, -0.1) is 0 Å². The van der Waals surface area contributed by atoms with Crippen LogP contribution in [0.5, 0.6) is 0 Å². The van der Waals surface area contributed by atoms with Gasteiger partial charge in [-0.05, 0) is 38.2 Å². The first kappa shape index (κ1) is 9.09. The van der Waals surface area contributed by atoms with E-state index in [1.165, 1.54) is 18.6 Å². The first-order valence-electron chi connectivity index (χ1n) is 3.35. The predicted molar refractivity (Wildman–Crippen MR) is 46.7 cm³/mol. The molecule has 0 aromatic heterocycles. The summed E-state index contributed by atoms with van der Waals surface area (Å²) >= 11 is 1.91. The molecule has 0 saturated carbocycles. The minimum atomic E-state index is 0.930. The Bertz CT molecular complexity index is 67.0. The van der Waals surface area contributed by atoms with Crippen molar-refractivity contribution in [3.63, 3.8) is 0 Å². The van der Waals surface area contributed by atoms with Gasteiger partial charge < -0.3 is 0 Å². The second kappa shape index (κ2) is 8.09. The first-order valence-corrected chi connectivity index (χ1v) is 4.74. The van der Waals surface area contributed by atoms with E-state index in [4.69, 9.17) is 0 Å². The van der Waals surface area contributed by atoms with Crippen LogP contribution in [0, 0.1) is 6.92 Å². The first-order chi connectivity index (χ1) is 4.41. The van der Waals surface area contributed by atoms with Crippen molar-refractivity contribution >= 4 is 11.8 Å². The molecule has 0 nitrogen and oxygen atoms in total. The SMILES string of the molecule is [CH2]C/C=C/CCCSC. The van der Waals surface area contributed by atoms with Gasteiger partial charge in [0.1, 0.15) is 0 Å². The molecule has 0 aromatic carbocycles. The van der Waals surface area contributed by atoms with Gasteiger partial charge in [0.2, 0.25) is 0 Å². The summed E-state index contributed by atoms with van der Waals surface area (Å²) in [6, 6.07) is 0. The van der Waals surface area contributed by atoms with E-state index in [1.807, 2.05) is 11.8 Å². The molecule has 0 atom stereocenters. The number of rotatable bonds is 5. The van der Waals surface area contributed by atoms with E-state index in [9.17, 15) is 0 Å². The van der Waals surface area contributed by atoms with Crippen molar-refractivity contribution in [2.45, 2.75) is 19.3 Å². The van der Waals surface area contributed by atoms with Crippen molar-refractivity contribution in [3.8, 4) is 0 Å². The van der Waals surface area contributed by atoms with Crippen LogP contribution >= 0.6 is 11.8 Å². The molecule has 0 fully saturated rings. The highest BCUT2D eigenvalue weighted by Crippen LogP contribution is 1.99. The summed E-state index contributed by atoms with van der Waals surface area (Å²) in [5, 5.41) is 0. The van der Waals surface area contributed by atoms with Gasteiger partial charge in [-0.25, -0.2) is 0 Å². The lowest BCUT2D eigenvalue weighted by atomic mass is 10.3. The van der Waals surface area contributed by atoms with Crippen LogP contribution in [0.4, 0.5) is 0 Å². The maximum absolute atomic E-state index is 3.71. The molecule has 53 valence electrons. The quantitative estimate of drug-likeness (QED) is 0.421. The molecule has 0 aliphatic heterocycles. The van der Waals surface area contributed by atoms with Crippen LogP contribution in [0.1, 0.15) is 19.3 Å². The minimum absolute atomic E-state index is 0.930. The lowest BCUT2D eigenvalue weighted by molar-refractivity contribution is 0.968. The summed E-state index contributed by atoms with van der Waals surface area (Å²) < 4.78 is 0. The largest absolute Gasteiger partial charge is 0.165 e. The van der Waals surface area contributed by atoms with Crippen LogP contribution in [-0.4, -0.2) is 12.0 Å². The average molecular weight is 143 g/mol. The molecule has 0 N–H and O–H groups in total. The van der Waals surface area contributed by atoms with Crippen molar-refractivity contribution < 1.29 is 0 Å². The van der Waals surface area contributed by atoms with Crippen LogP contribution in [-0.2, 0) is 0 Å². The molecular formula is C8H15S. The zero-order valence-corrected chi connectivity index (χ0v) is 6.91. The zero-order valence-electron chi connectivity index (χ0n) is 6.10. The molecule has 1 heteroatoms. The van der Waals surface area contributed by atoms with E-state index in [2.05, 4.69) is 25.3 Å². The standard InChI is InChI=1S/C8H15S/c1-3-4-5-6-7-8-9-2/h4-5H,1,3,6-8H2,2H3/b5-4+. The average Bonchev–Trinajstić information content (AvgIpc) is 1.89. The summed E-state index contributed by atoms with van der Waals surface area (Å²) in [6.07, 6.45) is 9.93. The van der Waals surface area contributed by atoms with Gasteiger partial charge in [0.15, 0.2) is 0 Å². The lowest BCUT2D eigenvalue weighted by Crippen LogP contribution is -1.74. The van der Waals surface area contributed by atoms with Crippen molar-refractivity contribution in [1.29, 1.82) is 0 Å². The third-order valence-electron chi connectivity index (χ3n) is 1.05. The molecular weight excluding hydrogens is 128 g/mol. The highest BCUT2D eigenvalue weighted by Gasteiger charge is 1.79. The molecule has 0 saturated heterocycles. The third kappa shape index (κ3) is 8.09. The zero-order chi connectivity index (χ0) is 6.95. The predicted octanol–water partition coefficient (Wildman–Crippen LogP) is 2.91. The van der Waals surface area contributed by atoms with Crippen molar-refractivity contribution in [2.75, 3.05) is 12.0 Å². The fourth-order valence-corrected chi connectivity index (χ4v) is 1.04. The summed E-state index contributed by atoms with van der Waals surface area (Å²) in [7, 11) is 0. The van der Waals surface area contributed by atoms with Gasteiger partial charge in [-0.3, -0.25) is 0 Å². The summed E-state index contributed by atoms with van der Waals surface area (Å²) in [4.78, 5) is 0.